The van der Waals surface area contributed by atoms with E-state index in [1.165, 1.54) is 0 Å². The Morgan fingerprint density at radius 2 is 1.50 bits per heavy atom. The van der Waals surface area contributed by atoms with Gasteiger partial charge in [-0.05, 0) is 6.42 Å². The predicted octanol–water partition coefficient (Wildman–Crippen LogP) is -1.18. The standard InChI is InChI=1S/C16H30O8/c1-4-9-10(5-17)23-16(8(3)12(9)19)24-14-11(6-18)22-15(21)7(2)13(14)20/h7-21H,4-6H2,1-3H3. The lowest BCUT2D eigenvalue weighted by molar-refractivity contribution is -0.336. The number of aliphatic hydroxyl groups excluding tert-OH is 5. The van der Waals surface area contributed by atoms with Gasteiger partial charge < -0.3 is 39.7 Å². The highest BCUT2D eigenvalue weighted by Crippen LogP contribution is 2.35. The lowest BCUT2D eigenvalue weighted by Gasteiger charge is -2.47. The highest BCUT2D eigenvalue weighted by atomic mass is 16.7. The van der Waals surface area contributed by atoms with Gasteiger partial charge in [0.1, 0.15) is 12.2 Å². The number of ether oxygens (including phenoxy) is 3. The second-order valence-electron chi connectivity index (χ2n) is 6.85. The Bertz CT molecular complexity index is 390. The minimum Gasteiger partial charge on any atom is -0.394 e. The van der Waals surface area contributed by atoms with Crippen LogP contribution in [-0.4, -0.2) is 81.8 Å². The van der Waals surface area contributed by atoms with Gasteiger partial charge in [-0.2, -0.15) is 0 Å². The van der Waals surface area contributed by atoms with Crippen LogP contribution in [0.2, 0.25) is 0 Å². The first-order valence-corrected chi connectivity index (χ1v) is 8.57. The maximum atomic E-state index is 10.5. The lowest BCUT2D eigenvalue weighted by atomic mass is 9.83. The maximum Gasteiger partial charge on any atom is 0.163 e. The molecule has 2 aliphatic rings. The number of rotatable bonds is 5. The van der Waals surface area contributed by atoms with Crippen molar-refractivity contribution in [2.24, 2.45) is 17.8 Å². The molecule has 0 aliphatic carbocycles. The van der Waals surface area contributed by atoms with Crippen molar-refractivity contribution in [3.63, 3.8) is 0 Å². The van der Waals surface area contributed by atoms with E-state index in [0.717, 1.165) is 0 Å². The van der Waals surface area contributed by atoms with Crippen molar-refractivity contribution < 1.29 is 39.7 Å². The molecule has 8 nitrogen and oxygen atoms in total. The van der Waals surface area contributed by atoms with Gasteiger partial charge in [-0.15, -0.1) is 0 Å². The van der Waals surface area contributed by atoms with E-state index in [0.29, 0.717) is 6.42 Å². The van der Waals surface area contributed by atoms with Crippen molar-refractivity contribution in [2.75, 3.05) is 13.2 Å². The third-order valence-corrected chi connectivity index (χ3v) is 5.32. The molecule has 2 rings (SSSR count). The summed E-state index contributed by atoms with van der Waals surface area (Å²) in [6.07, 6.45) is -5.56. The Labute approximate surface area is 142 Å². The highest BCUT2D eigenvalue weighted by Gasteiger charge is 2.48. The van der Waals surface area contributed by atoms with Crippen LogP contribution in [0.1, 0.15) is 27.2 Å². The molecule has 8 heteroatoms. The molecule has 2 saturated heterocycles. The fraction of sp³-hybridized carbons (Fsp3) is 1.00. The van der Waals surface area contributed by atoms with Crippen LogP contribution in [0.5, 0.6) is 0 Å². The second-order valence-corrected chi connectivity index (χ2v) is 6.85. The molecular weight excluding hydrogens is 320 g/mol. The van der Waals surface area contributed by atoms with Gasteiger partial charge in [-0.1, -0.05) is 20.8 Å². The van der Waals surface area contributed by atoms with Crippen LogP contribution in [0.4, 0.5) is 0 Å². The molecular formula is C16H30O8. The summed E-state index contributed by atoms with van der Waals surface area (Å²) in [6.45, 7) is 4.62. The first-order valence-electron chi connectivity index (χ1n) is 8.57. The van der Waals surface area contributed by atoms with Gasteiger partial charge in [0.25, 0.3) is 0 Å². The normalized spacial score (nSPS) is 50.0. The molecule has 2 aliphatic heterocycles. The summed E-state index contributed by atoms with van der Waals surface area (Å²) in [4.78, 5) is 0. The van der Waals surface area contributed by atoms with Crippen LogP contribution in [0.15, 0.2) is 0 Å². The minimum absolute atomic E-state index is 0.202. The minimum atomic E-state index is -1.19. The molecule has 0 saturated carbocycles. The molecule has 142 valence electrons. The monoisotopic (exact) mass is 350 g/mol. The molecule has 0 aromatic rings. The van der Waals surface area contributed by atoms with Gasteiger partial charge in [0, 0.05) is 17.8 Å². The average Bonchev–Trinajstić information content (AvgIpc) is 2.58. The summed E-state index contributed by atoms with van der Waals surface area (Å²) in [5.74, 6) is -1.18. The molecule has 0 bridgehead atoms. The Kier molecular flexibility index (Phi) is 6.98. The van der Waals surface area contributed by atoms with Gasteiger partial charge in [0.05, 0.1) is 31.5 Å². The van der Waals surface area contributed by atoms with E-state index in [1.54, 1.807) is 13.8 Å². The Hall–Kier alpha value is -0.320. The van der Waals surface area contributed by atoms with Crippen LogP contribution >= 0.6 is 0 Å². The summed E-state index contributed by atoms with van der Waals surface area (Å²) < 4.78 is 16.9. The summed E-state index contributed by atoms with van der Waals surface area (Å²) in [5.41, 5.74) is 0. The zero-order valence-electron chi connectivity index (χ0n) is 14.4. The van der Waals surface area contributed by atoms with Crippen LogP contribution in [-0.2, 0) is 14.2 Å². The largest absolute Gasteiger partial charge is 0.394 e. The van der Waals surface area contributed by atoms with Crippen molar-refractivity contribution in [2.45, 2.75) is 70.3 Å². The molecule has 0 amide bonds. The van der Waals surface area contributed by atoms with Crippen molar-refractivity contribution in [1.82, 2.24) is 0 Å². The van der Waals surface area contributed by atoms with E-state index in [9.17, 15) is 25.5 Å². The fourth-order valence-corrected chi connectivity index (χ4v) is 3.54. The fourth-order valence-electron chi connectivity index (χ4n) is 3.54. The first kappa shape index (κ1) is 20.0. The average molecular weight is 350 g/mol. The summed E-state index contributed by atoms with van der Waals surface area (Å²) in [6, 6.07) is 0. The second kappa shape index (κ2) is 8.37. The number of hydrogen-bond acceptors (Lipinski definition) is 8. The van der Waals surface area contributed by atoms with Gasteiger partial charge in [-0.3, -0.25) is 0 Å². The third-order valence-electron chi connectivity index (χ3n) is 5.32. The van der Waals surface area contributed by atoms with E-state index in [4.69, 9.17) is 14.2 Å². The molecule has 5 N–H and O–H groups in total. The topological polar surface area (TPSA) is 129 Å². The van der Waals surface area contributed by atoms with Crippen molar-refractivity contribution in [3.8, 4) is 0 Å². The predicted molar refractivity (Wildman–Crippen MR) is 82.7 cm³/mol. The van der Waals surface area contributed by atoms with Crippen LogP contribution < -0.4 is 0 Å². The molecule has 10 atom stereocenters. The molecule has 0 aromatic heterocycles. The molecule has 0 radical (unpaired) electrons. The zero-order chi connectivity index (χ0) is 18.0. The van der Waals surface area contributed by atoms with Gasteiger partial charge in [0.2, 0.25) is 0 Å². The lowest BCUT2D eigenvalue weighted by Crippen LogP contribution is -2.59. The number of hydrogen-bond donors (Lipinski definition) is 5. The Morgan fingerprint density at radius 1 is 0.875 bits per heavy atom. The summed E-state index contributed by atoms with van der Waals surface area (Å²) in [7, 11) is 0. The molecule has 10 unspecified atom stereocenters. The SMILES string of the molecule is CCC1C(CO)OC(OC2C(CO)OC(O)C(C)C2O)C(C)C1O. The van der Waals surface area contributed by atoms with E-state index in [2.05, 4.69) is 0 Å². The summed E-state index contributed by atoms with van der Waals surface area (Å²) >= 11 is 0. The van der Waals surface area contributed by atoms with Crippen molar-refractivity contribution in [1.29, 1.82) is 0 Å². The molecule has 2 fully saturated rings. The van der Waals surface area contributed by atoms with E-state index in [1.807, 2.05) is 6.92 Å². The van der Waals surface area contributed by atoms with Crippen molar-refractivity contribution >= 4 is 0 Å². The van der Waals surface area contributed by atoms with Crippen LogP contribution in [0.3, 0.4) is 0 Å². The molecule has 0 spiro atoms. The van der Waals surface area contributed by atoms with Gasteiger partial charge >= 0.3 is 0 Å². The highest BCUT2D eigenvalue weighted by molar-refractivity contribution is 4.91. The quantitative estimate of drug-likeness (QED) is 0.419. The van der Waals surface area contributed by atoms with Crippen LogP contribution in [0, 0.1) is 17.8 Å². The van der Waals surface area contributed by atoms with Gasteiger partial charge in [-0.25, -0.2) is 0 Å². The smallest absolute Gasteiger partial charge is 0.163 e. The Morgan fingerprint density at radius 3 is 2.04 bits per heavy atom. The molecule has 2 heterocycles. The maximum absolute atomic E-state index is 10.5. The van der Waals surface area contributed by atoms with Crippen LogP contribution in [0.25, 0.3) is 0 Å². The summed E-state index contributed by atoms with van der Waals surface area (Å²) in [5, 5.41) is 49.6. The first-order chi connectivity index (χ1) is 11.3. The number of aliphatic hydroxyl groups is 5. The zero-order valence-corrected chi connectivity index (χ0v) is 14.4. The van der Waals surface area contributed by atoms with E-state index in [-0.39, 0.29) is 18.4 Å². The van der Waals surface area contributed by atoms with E-state index < -0.39 is 55.6 Å². The molecule has 0 aromatic carbocycles. The van der Waals surface area contributed by atoms with Gasteiger partial charge in [0.15, 0.2) is 12.6 Å². The van der Waals surface area contributed by atoms with E-state index >= 15 is 0 Å². The Balaban J connectivity index is 2.12. The van der Waals surface area contributed by atoms with Crippen molar-refractivity contribution in [3.05, 3.63) is 0 Å². The molecule has 24 heavy (non-hydrogen) atoms. The third kappa shape index (κ3) is 3.76.